The summed E-state index contributed by atoms with van der Waals surface area (Å²) in [6, 6.07) is 11.8. The van der Waals surface area contributed by atoms with Crippen molar-refractivity contribution >= 4 is 17.0 Å². The van der Waals surface area contributed by atoms with E-state index in [4.69, 9.17) is 13.9 Å². The fourth-order valence-electron chi connectivity index (χ4n) is 4.90. The van der Waals surface area contributed by atoms with Gasteiger partial charge in [-0.15, -0.1) is 0 Å². The molecule has 1 saturated heterocycles. The Morgan fingerprint density at radius 1 is 1.13 bits per heavy atom. The van der Waals surface area contributed by atoms with Crippen LogP contribution in [0.5, 0.6) is 11.5 Å². The van der Waals surface area contributed by atoms with Crippen LogP contribution in [-0.4, -0.2) is 42.6 Å². The predicted octanol–water partition coefficient (Wildman–Crippen LogP) is 4.45. The van der Waals surface area contributed by atoms with Gasteiger partial charge in [0.2, 0.25) is 0 Å². The first-order valence-corrected chi connectivity index (χ1v) is 10.6. The van der Waals surface area contributed by atoms with E-state index in [1.807, 2.05) is 36.4 Å². The molecule has 2 aromatic carbocycles. The molecule has 5 rings (SSSR count). The summed E-state index contributed by atoms with van der Waals surface area (Å²) >= 11 is 0. The molecule has 2 atom stereocenters. The Hall–Kier alpha value is -3.02. The zero-order chi connectivity index (χ0) is 20.7. The van der Waals surface area contributed by atoms with E-state index in [9.17, 15) is 4.79 Å². The summed E-state index contributed by atoms with van der Waals surface area (Å²) in [5.74, 6) is 2.76. The van der Waals surface area contributed by atoms with Gasteiger partial charge in [-0.05, 0) is 61.1 Å². The molecule has 2 heterocycles. The summed E-state index contributed by atoms with van der Waals surface area (Å²) in [7, 11) is 3.24. The molecule has 2 bridgehead atoms. The quantitative estimate of drug-likeness (QED) is 0.626. The van der Waals surface area contributed by atoms with Crippen molar-refractivity contribution in [1.29, 1.82) is 0 Å². The first-order chi connectivity index (χ1) is 14.6. The highest BCUT2D eigenvalue weighted by Crippen LogP contribution is 2.36. The van der Waals surface area contributed by atoms with Crippen molar-refractivity contribution in [3.63, 3.8) is 0 Å². The van der Waals surface area contributed by atoms with Gasteiger partial charge in [0.05, 0.1) is 14.2 Å². The van der Waals surface area contributed by atoms with Crippen LogP contribution < -0.4 is 9.47 Å². The highest BCUT2D eigenvalue weighted by atomic mass is 16.5. The zero-order valence-electron chi connectivity index (χ0n) is 17.4. The predicted molar refractivity (Wildman–Crippen MR) is 113 cm³/mol. The van der Waals surface area contributed by atoms with Crippen molar-refractivity contribution in [3.05, 3.63) is 53.4 Å². The molecule has 156 valence electrons. The van der Waals surface area contributed by atoms with Gasteiger partial charge in [0.1, 0.15) is 5.52 Å². The van der Waals surface area contributed by atoms with E-state index >= 15 is 0 Å². The lowest BCUT2D eigenvalue weighted by Gasteiger charge is -2.24. The molecule has 0 spiro atoms. The average molecular weight is 406 g/mol. The number of oxazole rings is 1. The monoisotopic (exact) mass is 406 g/mol. The number of likely N-dealkylation sites (tertiary alicyclic amines) is 1. The van der Waals surface area contributed by atoms with Crippen molar-refractivity contribution in [2.75, 3.05) is 20.8 Å². The first kappa shape index (κ1) is 19.0. The van der Waals surface area contributed by atoms with Gasteiger partial charge in [-0.1, -0.05) is 12.5 Å². The summed E-state index contributed by atoms with van der Waals surface area (Å²) in [6.45, 7) is 0.891. The Morgan fingerprint density at radius 3 is 2.80 bits per heavy atom. The van der Waals surface area contributed by atoms with Crippen LogP contribution in [0.2, 0.25) is 0 Å². The Labute approximate surface area is 175 Å². The third-order valence-electron chi connectivity index (χ3n) is 6.39. The summed E-state index contributed by atoms with van der Waals surface area (Å²) in [6.07, 6.45) is 5.31. The van der Waals surface area contributed by atoms with Crippen molar-refractivity contribution in [3.8, 4) is 11.5 Å². The van der Waals surface area contributed by atoms with Gasteiger partial charge in [-0.2, -0.15) is 0 Å². The van der Waals surface area contributed by atoms with Gasteiger partial charge >= 0.3 is 0 Å². The first-order valence-electron chi connectivity index (χ1n) is 10.6. The third kappa shape index (κ3) is 3.40. The van der Waals surface area contributed by atoms with Crippen molar-refractivity contribution in [1.82, 2.24) is 9.88 Å². The summed E-state index contributed by atoms with van der Waals surface area (Å²) in [4.78, 5) is 19.8. The van der Waals surface area contributed by atoms with E-state index in [-0.39, 0.29) is 5.91 Å². The lowest BCUT2D eigenvalue weighted by molar-refractivity contribution is 0.0733. The maximum Gasteiger partial charge on any atom is 0.254 e. The second-order valence-electron chi connectivity index (χ2n) is 8.30. The number of hydrogen-bond acceptors (Lipinski definition) is 5. The Balaban J connectivity index is 1.37. The van der Waals surface area contributed by atoms with Crippen LogP contribution in [0.15, 0.2) is 40.8 Å². The number of fused-ring (bicyclic) bond motifs is 3. The molecular formula is C24H26N2O4. The molecule has 0 radical (unpaired) electrons. The highest BCUT2D eigenvalue weighted by Gasteiger charge is 2.38. The summed E-state index contributed by atoms with van der Waals surface area (Å²) < 4.78 is 16.7. The third-order valence-corrected chi connectivity index (χ3v) is 6.39. The number of amides is 1. The maximum atomic E-state index is 13.1. The van der Waals surface area contributed by atoms with Gasteiger partial charge in [0, 0.05) is 24.6 Å². The minimum absolute atomic E-state index is 0.115. The van der Waals surface area contributed by atoms with Crippen LogP contribution in [0.25, 0.3) is 11.1 Å². The topological polar surface area (TPSA) is 64.8 Å². The molecule has 3 aromatic rings. The number of nitrogens with zero attached hydrogens (tertiary/aromatic N) is 2. The molecule has 2 aliphatic rings. The Bertz CT molecular complexity index is 1090. The lowest BCUT2D eigenvalue weighted by Crippen LogP contribution is -2.35. The minimum atomic E-state index is 0.115. The molecule has 6 nitrogen and oxygen atoms in total. The molecule has 1 aliphatic carbocycles. The van der Waals surface area contributed by atoms with E-state index < -0.39 is 0 Å². The van der Waals surface area contributed by atoms with Crippen LogP contribution in [0.1, 0.15) is 47.5 Å². The fourth-order valence-corrected chi connectivity index (χ4v) is 4.90. The smallest absolute Gasteiger partial charge is 0.254 e. The van der Waals surface area contributed by atoms with Crippen LogP contribution in [0, 0.1) is 5.92 Å². The number of carbonyl (C=O) groups excluding carboxylic acids is 1. The number of benzene rings is 2. The van der Waals surface area contributed by atoms with Gasteiger partial charge < -0.3 is 18.8 Å². The van der Waals surface area contributed by atoms with E-state index in [1.54, 1.807) is 14.2 Å². The highest BCUT2D eigenvalue weighted by molar-refractivity contribution is 5.97. The van der Waals surface area contributed by atoms with Gasteiger partial charge in [-0.3, -0.25) is 4.79 Å². The molecule has 1 aromatic heterocycles. The van der Waals surface area contributed by atoms with E-state index in [2.05, 4.69) is 9.88 Å². The largest absolute Gasteiger partial charge is 0.493 e. The molecule has 30 heavy (non-hydrogen) atoms. The van der Waals surface area contributed by atoms with Crippen molar-refractivity contribution < 1.29 is 18.7 Å². The van der Waals surface area contributed by atoms with Gasteiger partial charge in [0.15, 0.2) is 23.0 Å². The van der Waals surface area contributed by atoms with E-state index in [0.717, 1.165) is 30.5 Å². The van der Waals surface area contributed by atoms with Crippen LogP contribution in [0.4, 0.5) is 0 Å². The lowest BCUT2D eigenvalue weighted by atomic mass is 9.90. The molecule has 6 heteroatoms. The normalized spacial score (nSPS) is 20.5. The Morgan fingerprint density at radius 2 is 2.00 bits per heavy atom. The number of carbonyl (C=O) groups is 1. The molecule has 1 amide bonds. The average Bonchev–Trinajstić information content (AvgIpc) is 3.31. The van der Waals surface area contributed by atoms with E-state index in [0.29, 0.717) is 46.9 Å². The summed E-state index contributed by atoms with van der Waals surface area (Å²) in [5.41, 5.74) is 3.12. The fraction of sp³-hybridized carbons (Fsp3) is 0.417. The number of hydrogen-bond donors (Lipinski definition) is 0. The molecule has 1 aliphatic heterocycles. The van der Waals surface area contributed by atoms with Crippen LogP contribution >= 0.6 is 0 Å². The second kappa shape index (κ2) is 7.67. The molecule has 0 unspecified atom stereocenters. The minimum Gasteiger partial charge on any atom is -0.493 e. The SMILES string of the molecule is COc1ccc(Cc2nc3ccc(C(=O)N4C[C@H]5CCC[C@@H]4C5)cc3o2)cc1OC. The number of aromatic nitrogens is 1. The summed E-state index contributed by atoms with van der Waals surface area (Å²) in [5, 5.41) is 0. The number of methoxy groups -OCH3 is 2. The molecule has 2 fully saturated rings. The maximum absolute atomic E-state index is 13.1. The van der Waals surface area contributed by atoms with E-state index in [1.165, 1.54) is 12.8 Å². The van der Waals surface area contributed by atoms with Crippen LogP contribution in [-0.2, 0) is 6.42 Å². The molecule has 1 saturated carbocycles. The molecular weight excluding hydrogens is 380 g/mol. The number of ether oxygens (including phenoxy) is 2. The standard InChI is InChI=1S/C24H26N2O4/c1-28-20-9-6-15(11-22(20)29-2)12-23-25-19-8-7-17(13-21(19)30-23)24(27)26-14-16-4-3-5-18(26)10-16/h6-9,11,13,16,18H,3-5,10,12,14H2,1-2H3/t16-,18+/m0/s1. The van der Waals surface area contributed by atoms with Crippen molar-refractivity contribution in [2.24, 2.45) is 5.92 Å². The Kier molecular flexibility index (Phi) is 4.85. The second-order valence-corrected chi connectivity index (χ2v) is 8.30. The van der Waals surface area contributed by atoms with Gasteiger partial charge in [-0.25, -0.2) is 4.98 Å². The number of rotatable bonds is 5. The zero-order valence-corrected chi connectivity index (χ0v) is 17.4. The molecule has 0 N–H and O–H groups in total. The van der Waals surface area contributed by atoms with Crippen LogP contribution in [0.3, 0.4) is 0 Å². The van der Waals surface area contributed by atoms with Gasteiger partial charge in [0.25, 0.3) is 5.91 Å². The van der Waals surface area contributed by atoms with Crippen molar-refractivity contribution in [2.45, 2.75) is 38.1 Å².